The first kappa shape index (κ1) is 20.0. The van der Waals surface area contributed by atoms with E-state index in [4.69, 9.17) is 0 Å². The van der Waals surface area contributed by atoms with E-state index in [0.29, 0.717) is 23.9 Å². The molecule has 0 bridgehead atoms. The molecular weight excluding hydrogens is 352 g/mol. The summed E-state index contributed by atoms with van der Waals surface area (Å²) in [5, 5.41) is 26.2. The predicted octanol–water partition coefficient (Wildman–Crippen LogP) is 3.06. The molecule has 7 heteroatoms. The van der Waals surface area contributed by atoms with E-state index in [1.54, 1.807) is 12.4 Å². The molecule has 2 heterocycles. The summed E-state index contributed by atoms with van der Waals surface area (Å²) in [6.45, 7) is 6.83. The second kappa shape index (κ2) is 8.53. The van der Waals surface area contributed by atoms with Crippen molar-refractivity contribution in [2.24, 2.45) is 5.41 Å². The molecule has 0 amide bonds. The zero-order valence-corrected chi connectivity index (χ0v) is 16.7. The zero-order valence-electron chi connectivity index (χ0n) is 16.7. The third-order valence-electron chi connectivity index (χ3n) is 5.51. The molecule has 148 valence electrons. The molecule has 2 aromatic heterocycles. The second-order valence-corrected chi connectivity index (χ2v) is 8.12. The number of hydrogen-bond acceptors (Lipinski definition) is 7. The van der Waals surface area contributed by atoms with E-state index in [1.807, 2.05) is 13.0 Å². The summed E-state index contributed by atoms with van der Waals surface area (Å²) in [7, 11) is 0. The van der Waals surface area contributed by atoms with Gasteiger partial charge in [0.15, 0.2) is 0 Å². The lowest BCUT2D eigenvalue weighted by molar-refractivity contribution is 0.00926. The number of nitrogens with one attached hydrogen (secondary N) is 2. The van der Waals surface area contributed by atoms with Gasteiger partial charge in [0.2, 0.25) is 5.95 Å². The molecule has 1 aliphatic rings. The maximum Gasteiger partial charge on any atom is 0.224 e. The number of aromatic nitrogens is 3. The van der Waals surface area contributed by atoms with Gasteiger partial charge in [0.25, 0.3) is 0 Å². The SMILES string of the molecule is Cc1ncccc1CCNc1ncc(C#N)c(N[C@@H]2CC[C@H](O)C(C)(C)C2)n1. The van der Waals surface area contributed by atoms with Gasteiger partial charge in [-0.2, -0.15) is 10.2 Å². The number of nitriles is 1. The van der Waals surface area contributed by atoms with Crippen molar-refractivity contribution in [2.75, 3.05) is 17.2 Å². The van der Waals surface area contributed by atoms with Gasteiger partial charge < -0.3 is 15.7 Å². The van der Waals surface area contributed by atoms with E-state index in [1.165, 1.54) is 5.56 Å². The first-order valence-electron chi connectivity index (χ1n) is 9.75. The maximum atomic E-state index is 10.2. The van der Waals surface area contributed by atoms with E-state index in [9.17, 15) is 10.4 Å². The topological polar surface area (TPSA) is 107 Å². The molecule has 0 aliphatic heterocycles. The lowest BCUT2D eigenvalue weighted by Crippen LogP contribution is -2.41. The zero-order chi connectivity index (χ0) is 20.1. The molecule has 0 aromatic carbocycles. The molecule has 3 rings (SSSR count). The number of pyridine rings is 1. The Labute approximate surface area is 166 Å². The molecule has 3 N–H and O–H groups in total. The fraction of sp³-hybridized carbons (Fsp3) is 0.524. The van der Waals surface area contributed by atoms with Crippen LogP contribution in [0.3, 0.4) is 0 Å². The standard InChI is InChI=1S/C21H28N6O/c1-14-15(5-4-9-23-14)8-10-24-20-25-13-16(12-22)19(27-20)26-17-6-7-18(28)21(2,3)11-17/h4-5,9,13,17-18,28H,6-8,10-11H2,1-3H3,(H2,24,25,26,27)/t17-,18+/m1/s1. The van der Waals surface area contributed by atoms with Gasteiger partial charge in [0, 0.05) is 24.5 Å². The molecule has 7 nitrogen and oxygen atoms in total. The minimum absolute atomic E-state index is 0.154. The maximum absolute atomic E-state index is 10.2. The number of anilines is 2. The van der Waals surface area contributed by atoms with Gasteiger partial charge >= 0.3 is 0 Å². The number of aliphatic hydroxyl groups excluding tert-OH is 1. The molecule has 1 fully saturated rings. The van der Waals surface area contributed by atoms with Crippen LogP contribution < -0.4 is 10.6 Å². The quantitative estimate of drug-likeness (QED) is 0.707. The van der Waals surface area contributed by atoms with Crippen molar-refractivity contribution in [3.8, 4) is 6.07 Å². The molecule has 2 aromatic rings. The highest BCUT2D eigenvalue weighted by Gasteiger charge is 2.35. The van der Waals surface area contributed by atoms with Crippen LogP contribution in [0.2, 0.25) is 0 Å². The van der Waals surface area contributed by atoms with Gasteiger partial charge in [0.05, 0.1) is 12.3 Å². The molecular formula is C21H28N6O. The fourth-order valence-corrected chi connectivity index (χ4v) is 3.69. The number of aliphatic hydroxyl groups is 1. The Hall–Kier alpha value is -2.72. The van der Waals surface area contributed by atoms with E-state index >= 15 is 0 Å². The number of aryl methyl sites for hydroxylation is 1. The van der Waals surface area contributed by atoms with Crippen molar-refractivity contribution in [3.05, 3.63) is 41.3 Å². The Bertz CT molecular complexity index is 860. The summed E-state index contributed by atoms with van der Waals surface area (Å²) in [4.78, 5) is 13.1. The average Bonchev–Trinajstić information content (AvgIpc) is 2.66. The molecule has 0 saturated heterocycles. The van der Waals surface area contributed by atoms with E-state index in [-0.39, 0.29) is 17.6 Å². The van der Waals surface area contributed by atoms with Gasteiger partial charge in [-0.15, -0.1) is 0 Å². The van der Waals surface area contributed by atoms with Crippen LogP contribution in [0, 0.1) is 23.7 Å². The third-order valence-corrected chi connectivity index (χ3v) is 5.51. The molecule has 1 saturated carbocycles. The highest BCUT2D eigenvalue weighted by Crippen LogP contribution is 2.36. The summed E-state index contributed by atoms with van der Waals surface area (Å²) >= 11 is 0. The van der Waals surface area contributed by atoms with E-state index in [2.05, 4.69) is 51.6 Å². The van der Waals surface area contributed by atoms with Crippen molar-refractivity contribution in [3.63, 3.8) is 0 Å². The summed E-state index contributed by atoms with van der Waals surface area (Å²) in [6, 6.07) is 6.33. The number of nitrogens with zero attached hydrogens (tertiary/aromatic N) is 4. The molecule has 1 aliphatic carbocycles. The summed E-state index contributed by atoms with van der Waals surface area (Å²) in [6.07, 6.45) is 6.29. The van der Waals surface area contributed by atoms with Gasteiger partial charge in [-0.05, 0) is 49.7 Å². The van der Waals surface area contributed by atoms with Crippen LogP contribution in [-0.4, -0.2) is 38.7 Å². The third kappa shape index (κ3) is 4.76. The van der Waals surface area contributed by atoms with Crippen molar-refractivity contribution in [2.45, 2.75) is 58.6 Å². The van der Waals surface area contributed by atoms with E-state index < -0.39 is 0 Å². The van der Waals surface area contributed by atoms with Gasteiger partial charge in [-0.3, -0.25) is 4.98 Å². The lowest BCUT2D eigenvalue weighted by atomic mass is 9.73. The Balaban J connectivity index is 1.65. The highest BCUT2D eigenvalue weighted by atomic mass is 16.3. The summed E-state index contributed by atoms with van der Waals surface area (Å²) < 4.78 is 0. The highest BCUT2D eigenvalue weighted by molar-refractivity contribution is 5.54. The summed E-state index contributed by atoms with van der Waals surface area (Å²) in [5.74, 6) is 1.05. The normalized spacial score (nSPS) is 21.0. The monoisotopic (exact) mass is 380 g/mol. The lowest BCUT2D eigenvalue weighted by Gasteiger charge is -2.40. The molecule has 0 radical (unpaired) electrons. The number of hydrogen-bond donors (Lipinski definition) is 3. The van der Waals surface area contributed by atoms with Crippen LogP contribution in [0.4, 0.5) is 11.8 Å². The average molecular weight is 380 g/mol. The van der Waals surface area contributed by atoms with Crippen LogP contribution in [-0.2, 0) is 6.42 Å². The van der Waals surface area contributed by atoms with Crippen LogP contribution in [0.1, 0.15) is 49.9 Å². The van der Waals surface area contributed by atoms with Gasteiger partial charge in [-0.1, -0.05) is 19.9 Å². The van der Waals surface area contributed by atoms with Crippen molar-refractivity contribution in [1.82, 2.24) is 15.0 Å². The molecule has 28 heavy (non-hydrogen) atoms. The predicted molar refractivity (Wildman–Crippen MR) is 109 cm³/mol. The second-order valence-electron chi connectivity index (χ2n) is 8.12. The first-order chi connectivity index (χ1) is 13.4. The van der Waals surface area contributed by atoms with Crippen molar-refractivity contribution in [1.29, 1.82) is 5.26 Å². The Morgan fingerprint density at radius 2 is 2.14 bits per heavy atom. The molecule has 2 atom stereocenters. The van der Waals surface area contributed by atoms with Crippen molar-refractivity contribution >= 4 is 11.8 Å². The van der Waals surface area contributed by atoms with Crippen LogP contribution in [0.25, 0.3) is 0 Å². The van der Waals surface area contributed by atoms with Gasteiger partial charge in [0.1, 0.15) is 17.5 Å². The van der Waals surface area contributed by atoms with Crippen molar-refractivity contribution < 1.29 is 5.11 Å². The van der Waals surface area contributed by atoms with Crippen LogP contribution >= 0.6 is 0 Å². The summed E-state index contributed by atoms with van der Waals surface area (Å²) in [5.41, 5.74) is 2.48. The minimum Gasteiger partial charge on any atom is -0.393 e. The largest absolute Gasteiger partial charge is 0.393 e. The minimum atomic E-state index is -0.292. The smallest absolute Gasteiger partial charge is 0.224 e. The Kier molecular flexibility index (Phi) is 6.10. The van der Waals surface area contributed by atoms with Crippen LogP contribution in [0.5, 0.6) is 0 Å². The molecule has 0 unspecified atom stereocenters. The fourth-order valence-electron chi connectivity index (χ4n) is 3.69. The molecule has 0 spiro atoms. The Morgan fingerprint density at radius 1 is 1.32 bits per heavy atom. The Morgan fingerprint density at radius 3 is 2.86 bits per heavy atom. The van der Waals surface area contributed by atoms with Gasteiger partial charge in [-0.25, -0.2) is 4.98 Å². The number of rotatable bonds is 6. The van der Waals surface area contributed by atoms with Crippen LogP contribution in [0.15, 0.2) is 24.5 Å². The van der Waals surface area contributed by atoms with E-state index in [0.717, 1.165) is 31.4 Å². The first-order valence-corrected chi connectivity index (χ1v) is 9.75.